The van der Waals surface area contributed by atoms with E-state index in [1.54, 1.807) is 0 Å². The molecule has 0 bridgehead atoms. The fourth-order valence-corrected chi connectivity index (χ4v) is 6.86. The van der Waals surface area contributed by atoms with Crippen LogP contribution in [-0.2, 0) is 0 Å². The normalized spacial score (nSPS) is 11.0. The molecule has 4 heteroatoms. The number of hydrogen-bond acceptors (Lipinski definition) is 4. The zero-order valence-corrected chi connectivity index (χ0v) is 29.4. The third kappa shape index (κ3) is 6.72. The fraction of sp³-hybridized carbons (Fsp3) is 0. The number of hydrogen-bond donors (Lipinski definition) is 0. The Bertz CT molecular complexity index is 2560. The first-order valence-electron chi connectivity index (χ1n) is 18.1. The van der Waals surface area contributed by atoms with Gasteiger partial charge in [0, 0.05) is 33.4 Å². The van der Waals surface area contributed by atoms with Crippen LogP contribution in [0.5, 0.6) is 0 Å². The van der Waals surface area contributed by atoms with Crippen LogP contribution in [0.15, 0.2) is 206 Å². The lowest BCUT2D eigenvalue weighted by atomic mass is 9.90. The molecule has 0 N–H and O–H groups in total. The highest BCUT2D eigenvalue weighted by atomic mass is 14.9. The van der Waals surface area contributed by atoms with Gasteiger partial charge >= 0.3 is 0 Å². The van der Waals surface area contributed by atoms with Gasteiger partial charge in [0.1, 0.15) is 0 Å². The van der Waals surface area contributed by atoms with Crippen LogP contribution in [0.3, 0.4) is 0 Å². The highest BCUT2D eigenvalue weighted by Gasteiger charge is 2.19. The van der Waals surface area contributed by atoms with Crippen molar-refractivity contribution in [3.63, 3.8) is 0 Å². The largest absolute Gasteiger partial charge is 0.228 e. The highest BCUT2D eigenvalue weighted by Crippen LogP contribution is 2.40. The van der Waals surface area contributed by atoms with Crippen LogP contribution in [-0.4, -0.2) is 19.9 Å². The van der Waals surface area contributed by atoms with Gasteiger partial charge in [-0.15, -0.1) is 0 Å². The second kappa shape index (κ2) is 14.7. The van der Waals surface area contributed by atoms with E-state index in [0.717, 1.165) is 78.4 Å². The molecule has 0 atom stereocenters. The van der Waals surface area contributed by atoms with Crippen LogP contribution in [0.25, 0.3) is 90.1 Å². The number of rotatable bonds is 8. The minimum absolute atomic E-state index is 0.665. The monoisotopic (exact) mass is 690 g/mol. The first-order valence-corrected chi connectivity index (χ1v) is 18.1. The third-order valence-corrected chi connectivity index (χ3v) is 9.55. The molecule has 7 aromatic carbocycles. The molecule has 0 aliphatic heterocycles. The maximum atomic E-state index is 5.20. The first kappa shape index (κ1) is 32.6. The zero-order chi connectivity index (χ0) is 36.1. The number of aromatic nitrogens is 4. The zero-order valence-electron chi connectivity index (χ0n) is 29.4. The standard InChI is InChI=1S/C50H34N4/c1-6-18-35(19-7-1)44-32-40(49-51-45(36-20-8-2-9-21-36)33-46(52-49)37-22-10-3-11-23-37)30-31-42(44)41-28-16-17-29-43(41)50-53-47(38-24-12-4-13-25-38)34-48(54-50)39-26-14-5-15-27-39/h1-34H. The topological polar surface area (TPSA) is 51.6 Å². The summed E-state index contributed by atoms with van der Waals surface area (Å²) in [6.45, 7) is 0. The smallest absolute Gasteiger partial charge is 0.161 e. The first-order chi connectivity index (χ1) is 26.8. The van der Waals surface area contributed by atoms with E-state index in [0.29, 0.717) is 11.6 Å². The molecule has 2 aromatic heterocycles. The molecular formula is C50H34N4. The van der Waals surface area contributed by atoms with Gasteiger partial charge in [-0.3, -0.25) is 0 Å². The van der Waals surface area contributed by atoms with E-state index in [9.17, 15) is 0 Å². The second-order valence-corrected chi connectivity index (χ2v) is 13.1. The third-order valence-electron chi connectivity index (χ3n) is 9.55. The Morgan fingerprint density at radius 3 is 0.963 bits per heavy atom. The summed E-state index contributed by atoms with van der Waals surface area (Å²) < 4.78 is 0. The van der Waals surface area contributed by atoms with Crippen LogP contribution in [0.2, 0.25) is 0 Å². The van der Waals surface area contributed by atoms with E-state index in [1.807, 2.05) is 78.9 Å². The Morgan fingerprint density at radius 1 is 0.204 bits per heavy atom. The van der Waals surface area contributed by atoms with Gasteiger partial charge < -0.3 is 0 Å². The number of benzene rings is 7. The predicted molar refractivity (Wildman–Crippen MR) is 221 cm³/mol. The van der Waals surface area contributed by atoms with Crippen molar-refractivity contribution in [2.24, 2.45) is 0 Å². The summed E-state index contributed by atoms with van der Waals surface area (Å²) in [5, 5.41) is 0. The summed E-state index contributed by atoms with van der Waals surface area (Å²) in [5.74, 6) is 1.33. The summed E-state index contributed by atoms with van der Waals surface area (Å²) in [6.07, 6.45) is 0. The molecule has 0 saturated carbocycles. The van der Waals surface area contributed by atoms with Crippen molar-refractivity contribution >= 4 is 0 Å². The predicted octanol–water partition coefficient (Wildman–Crippen LogP) is 12.6. The van der Waals surface area contributed by atoms with E-state index in [2.05, 4.69) is 127 Å². The van der Waals surface area contributed by atoms with Gasteiger partial charge in [0.2, 0.25) is 0 Å². The lowest BCUT2D eigenvalue weighted by Gasteiger charge is -2.17. The van der Waals surface area contributed by atoms with Crippen LogP contribution >= 0.6 is 0 Å². The minimum atomic E-state index is 0.665. The lowest BCUT2D eigenvalue weighted by Crippen LogP contribution is -1.99. The van der Waals surface area contributed by atoms with Gasteiger partial charge in [-0.1, -0.05) is 188 Å². The minimum Gasteiger partial charge on any atom is -0.228 e. The van der Waals surface area contributed by atoms with Crippen LogP contribution in [0.1, 0.15) is 0 Å². The van der Waals surface area contributed by atoms with Gasteiger partial charge in [0.15, 0.2) is 11.6 Å². The molecular weight excluding hydrogens is 657 g/mol. The van der Waals surface area contributed by atoms with Crippen LogP contribution < -0.4 is 0 Å². The molecule has 254 valence electrons. The van der Waals surface area contributed by atoms with Gasteiger partial charge in [-0.05, 0) is 40.5 Å². The molecule has 0 fully saturated rings. The Hall–Kier alpha value is -7.30. The van der Waals surface area contributed by atoms with E-state index in [4.69, 9.17) is 19.9 Å². The van der Waals surface area contributed by atoms with E-state index < -0.39 is 0 Å². The van der Waals surface area contributed by atoms with Gasteiger partial charge in [-0.2, -0.15) is 0 Å². The Kier molecular flexibility index (Phi) is 8.90. The highest BCUT2D eigenvalue weighted by molar-refractivity contribution is 5.92. The molecule has 0 spiro atoms. The van der Waals surface area contributed by atoms with E-state index in [-0.39, 0.29) is 0 Å². The fourth-order valence-electron chi connectivity index (χ4n) is 6.86. The number of nitrogens with zero attached hydrogens (tertiary/aromatic N) is 4. The van der Waals surface area contributed by atoms with Gasteiger partial charge in [0.05, 0.1) is 22.8 Å². The van der Waals surface area contributed by atoms with Crippen molar-refractivity contribution in [2.75, 3.05) is 0 Å². The van der Waals surface area contributed by atoms with Crippen LogP contribution in [0.4, 0.5) is 0 Å². The summed E-state index contributed by atoms with van der Waals surface area (Å²) in [6, 6.07) is 70.8. The molecule has 9 aromatic rings. The average Bonchev–Trinajstić information content (AvgIpc) is 3.27. The Labute approximate surface area is 315 Å². The molecule has 0 amide bonds. The molecule has 0 saturated heterocycles. The quantitative estimate of drug-likeness (QED) is 0.159. The van der Waals surface area contributed by atoms with Crippen molar-refractivity contribution in [3.05, 3.63) is 206 Å². The van der Waals surface area contributed by atoms with Crippen molar-refractivity contribution in [3.8, 4) is 90.1 Å². The lowest BCUT2D eigenvalue weighted by molar-refractivity contribution is 1.18. The van der Waals surface area contributed by atoms with Crippen molar-refractivity contribution in [1.82, 2.24) is 19.9 Å². The molecule has 0 radical (unpaired) electrons. The van der Waals surface area contributed by atoms with Crippen molar-refractivity contribution < 1.29 is 0 Å². The van der Waals surface area contributed by atoms with E-state index >= 15 is 0 Å². The molecule has 4 nitrogen and oxygen atoms in total. The molecule has 54 heavy (non-hydrogen) atoms. The van der Waals surface area contributed by atoms with E-state index in [1.165, 1.54) is 0 Å². The summed E-state index contributed by atoms with van der Waals surface area (Å²) in [4.78, 5) is 20.7. The molecule has 0 aliphatic carbocycles. The van der Waals surface area contributed by atoms with Gasteiger partial charge in [0.25, 0.3) is 0 Å². The second-order valence-electron chi connectivity index (χ2n) is 13.1. The summed E-state index contributed by atoms with van der Waals surface area (Å²) in [7, 11) is 0. The van der Waals surface area contributed by atoms with Crippen molar-refractivity contribution in [2.45, 2.75) is 0 Å². The summed E-state index contributed by atoms with van der Waals surface area (Å²) >= 11 is 0. The Morgan fingerprint density at radius 2 is 0.537 bits per heavy atom. The molecule has 0 aliphatic rings. The SMILES string of the molecule is c1ccc(-c2cc(-c3ccccc3)nc(-c3ccc(-c4ccccc4-c4nc(-c5ccccc5)cc(-c5ccccc5)n4)c(-c4ccccc4)c3)n2)cc1. The molecule has 0 unspecified atom stereocenters. The molecule has 9 rings (SSSR count). The van der Waals surface area contributed by atoms with Gasteiger partial charge in [-0.25, -0.2) is 19.9 Å². The molecule has 2 heterocycles. The average molecular weight is 691 g/mol. The Balaban J connectivity index is 1.23. The maximum absolute atomic E-state index is 5.20. The van der Waals surface area contributed by atoms with Crippen LogP contribution in [0, 0.1) is 0 Å². The maximum Gasteiger partial charge on any atom is 0.161 e. The van der Waals surface area contributed by atoms with Crippen molar-refractivity contribution in [1.29, 1.82) is 0 Å². The summed E-state index contributed by atoms with van der Waals surface area (Å²) in [5.41, 5.74) is 13.8.